The molecule has 26 heavy (non-hydrogen) atoms. The number of nitrogens with one attached hydrogen (secondary N) is 2. The van der Waals surface area contributed by atoms with Crippen molar-refractivity contribution < 1.29 is 9.53 Å². The van der Waals surface area contributed by atoms with Gasteiger partial charge in [0, 0.05) is 35.6 Å². The fourth-order valence-electron chi connectivity index (χ4n) is 2.41. The molecule has 9 heteroatoms. The first-order chi connectivity index (χ1) is 12.6. The van der Waals surface area contributed by atoms with E-state index in [0.717, 1.165) is 28.8 Å². The Morgan fingerprint density at radius 2 is 2.31 bits per heavy atom. The van der Waals surface area contributed by atoms with Crippen LogP contribution in [0.1, 0.15) is 16.1 Å². The predicted octanol–water partition coefficient (Wildman–Crippen LogP) is 3.45. The third-order valence-electron chi connectivity index (χ3n) is 3.71. The molecule has 0 aliphatic heterocycles. The van der Waals surface area contributed by atoms with Crippen LogP contribution in [0.3, 0.4) is 0 Å². The molecule has 1 aromatic carbocycles. The summed E-state index contributed by atoms with van der Waals surface area (Å²) in [6.07, 6.45) is 6.26. The monoisotopic (exact) mass is 408 g/mol. The minimum Gasteiger partial charge on any atom is -0.497 e. The highest BCUT2D eigenvalue weighted by molar-refractivity contribution is 7.80. The van der Waals surface area contributed by atoms with Crippen LogP contribution in [-0.2, 0) is 6.54 Å². The summed E-state index contributed by atoms with van der Waals surface area (Å²) in [5.74, 6) is 0.403. The van der Waals surface area contributed by atoms with E-state index in [-0.39, 0.29) is 11.0 Å². The fraction of sp³-hybridized carbons (Fsp3) is 0.235. The lowest BCUT2D eigenvalue weighted by molar-refractivity contribution is 0.0981. The summed E-state index contributed by atoms with van der Waals surface area (Å²) in [4.78, 5) is 16.9. The van der Waals surface area contributed by atoms with Crippen molar-refractivity contribution in [2.24, 2.45) is 0 Å². The molecule has 6 nitrogen and oxygen atoms in total. The second-order valence-corrected chi connectivity index (χ2v) is 7.31. The van der Waals surface area contributed by atoms with Gasteiger partial charge in [0.25, 0.3) is 5.91 Å². The number of nitrogens with zero attached hydrogens (tertiary/aromatic N) is 2. The molecular formula is C17H17ClN4O2S2. The summed E-state index contributed by atoms with van der Waals surface area (Å²) >= 11 is 12.8. The molecular weight excluding hydrogens is 392 g/mol. The van der Waals surface area contributed by atoms with Gasteiger partial charge < -0.3 is 14.6 Å². The molecule has 0 saturated heterocycles. The number of amides is 1. The highest BCUT2D eigenvalue weighted by Gasteiger charge is 2.18. The molecule has 0 fully saturated rings. The average Bonchev–Trinajstić information content (AvgIpc) is 3.26. The van der Waals surface area contributed by atoms with Crippen molar-refractivity contribution in [1.29, 1.82) is 0 Å². The minimum atomic E-state index is -0.317. The second kappa shape index (κ2) is 8.48. The van der Waals surface area contributed by atoms with Gasteiger partial charge in [0.15, 0.2) is 5.11 Å². The lowest BCUT2D eigenvalue weighted by Crippen LogP contribution is -2.39. The normalized spacial score (nSPS) is 10.7. The van der Waals surface area contributed by atoms with Gasteiger partial charge >= 0.3 is 0 Å². The number of hydrogen-bond donors (Lipinski definition) is 2. The van der Waals surface area contributed by atoms with Gasteiger partial charge in [-0.3, -0.25) is 10.1 Å². The molecule has 0 aliphatic rings. The summed E-state index contributed by atoms with van der Waals surface area (Å²) in [5, 5.41) is 7.23. The Morgan fingerprint density at radius 3 is 3.04 bits per heavy atom. The maximum Gasteiger partial charge on any atom is 0.269 e. The van der Waals surface area contributed by atoms with Gasteiger partial charge in [-0.2, -0.15) is 0 Å². The summed E-state index contributed by atoms with van der Waals surface area (Å²) in [7, 11) is 1.60. The van der Waals surface area contributed by atoms with Crippen LogP contribution < -0.4 is 15.4 Å². The molecule has 136 valence electrons. The number of fused-ring (bicyclic) bond motifs is 1. The van der Waals surface area contributed by atoms with Crippen molar-refractivity contribution in [2.45, 2.75) is 13.0 Å². The number of ether oxygens (including phenoxy) is 1. The highest BCUT2D eigenvalue weighted by atomic mass is 35.5. The van der Waals surface area contributed by atoms with Crippen LogP contribution in [-0.4, -0.2) is 34.2 Å². The van der Waals surface area contributed by atoms with Gasteiger partial charge in [0.1, 0.15) is 10.6 Å². The van der Waals surface area contributed by atoms with Gasteiger partial charge in [-0.1, -0.05) is 11.6 Å². The van der Waals surface area contributed by atoms with Crippen molar-refractivity contribution >= 4 is 56.3 Å². The van der Waals surface area contributed by atoms with Crippen molar-refractivity contribution in [3.63, 3.8) is 0 Å². The zero-order valence-corrected chi connectivity index (χ0v) is 16.4. The first kappa shape index (κ1) is 18.6. The minimum absolute atomic E-state index is 0.284. The molecule has 0 saturated carbocycles. The number of carbonyl (C=O) groups is 1. The average molecular weight is 409 g/mol. The van der Waals surface area contributed by atoms with E-state index in [4.69, 9.17) is 28.6 Å². The molecule has 3 rings (SSSR count). The second-order valence-electron chi connectivity index (χ2n) is 5.47. The van der Waals surface area contributed by atoms with Gasteiger partial charge in [-0.15, -0.1) is 11.3 Å². The first-order valence-electron chi connectivity index (χ1n) is 7.89. The van der Waals surface area contributed by atoms with Crippen LogP contribution >= 0.6 is 35.2 Å². The number of rotatable bonds is 6. The van der Waals surface area contributed by atoms with Crippen LogP contribution in [0, 0.1) is 0 Å². The van der Waals surface area contributed by atoms with Crippen LogP contribution in [0.5, 0.6) is 5.75 Å². The smallest absolute Gasteiger partial charge is 0.269 e. The Bertz CT molecular complexity index is 924. The Kier molecular flexibility index (Phi) is 6.08. The Morgan fingerprint density at radius 1 is 1.46 bits per heavy atom. The number of benzene rings is 1. The molecule has 0 unspecified atom stereocenters. The fourth-order valence-corrected chi connectivity index (χ4v) is 4.04. The van der Waals surface area contributed by atoms with E-state index in [1.165, 1.54) is 11.3 Å². The van der Waals surface area contributed by atoms with E-state index >= 15 is 0 Å². The number of halogens is 1. The summed E-state index contributed by atoms with van der Waals surface area (Å²) in [6, 6.07) is 5.51. The Hall–Kier alpha value is -2.16. The van der Waals surface area contributed by atoms with Crippen LogP contribution in [0.2, 0.25) is 5.02 Å². The Balaban J connectivity index is 1.56. The number of methoxy groups -OCH3 is 1. The number of thiophene rings is 1. The third kappa shape index (κ3) is 4.32. The van der Waals surface area contributed by atoms with E-state index in [2.05, 4.69) is 15.6 Å². The van der Waals surface area contributed by atoms with Crippen LogP contribution in [0.4, 0.5) is 0 Å². The lowest BCUT2D eigenvalue weighted by atomic mass is 10.2. The van der Waals surface area contributed by atoms with Crippen molar-refractivity contribution in [1.82, 2.24) is 20.2 Å². The van der Waals surface area contributed by atoms with E-state index < -0.39 is 0 Å². The molecule has 3 aromatic rings. The topological polar surface area (TPSA) is 68.2 Å². The SMILES string of the molecule is COc1ccc2c(Cl)c(C(=O)NC(=S)NCCCn3ccnc3)sc2c1. The number of hydrogen-bond acceptors (Lipinski definition) is 5. The summed E-state index contributed by atoms with van der Waals surface area (Å²) in [6.45, 7) is 1.47. The molecule has 2 heterocycles. The number of aromatic nitrogens is 2. The first-order valence-corrected chi connectivity index (χ1v) is 9.49. The molecule has 0 aliphatic carbocycles. The summed E-state index contributed by atoms with van der Waals surface area (Å²) in [5.41, 5.74) is 0. The zero-order chi connectivity index (χ0) is 18.5. The van der Waals surface area contributed by atoms with Gasteiger partial charge in [0.2, 0.25) is 0 Å². The van der Waals surface area contributed by atoms with Gasteiger partial charge in [-0.25, -0.2) is 4.98 Å². The quantitative estimate of drug-likeness (QED) is 0.483. The number of aryl methyl sites for hydroxylation is 1. The molecule has 2 aromatic heterocycles. The maximum absolute atomic E-state index is 12.5. The van der Waals surface area contributed by atoms with E-state index in [1.807, 2.05) is 29.0 Å². The molecule has 0 atom stereocenters. The van der Waals surface area contributed by atoms with Crippen molar-refractivity contribution in [3.8, 4) is 5.75 Å². The molecule has 1 amide bonds. The standard InChI is InChI=1S/C17H17ClN4O2S2/c1-24-11-3-4-12-13(9-11)26-15(14(12)18)16(23)21-17(25)20-5-2-7-22-8-6-19-10-22/h3-4,6,8-10H,2,5,7H2,1H3,(H2,20,21,23,25). The number of carbonyl (C=O) groups excluding carboxylic acids is 1. The maximum atomic E-state index is 12.5. The largest absolute Gasteiger partial charge is 0.497 e. The highest BCUT2D eigenvalue weighted by Crippen LogP contribution is 2.37. The summed E-state index contributed by atoms with van der Waals surface area (Å²) < 4.78 is 8.07. The Labute approximate surface area is 165 Å². The van der Waals surface area contributed by atoms with E-state index in [1.54, 1.807) is 19.6 Å². The van der Waals surface area contributed by atoms with Gasteiger partial charge in [-0.05, 0) is 36.8 Å². The molecule has 2 N–H and O–H groups in total. The van der Waals surface area contributed by atoms with E-state index in [9.17, 15) is 4.79 Å². The van der Waals surface area contributed by atoms with E-state index in [0.29, 0.717) is 16.4 Å². The molecule has 0 radical (unpaired) electrons. The van der Waals surface area contributed by atoms with Gasteiger partial charge in [0.05, 0.1) is 18.5 Å². The number of thiocarbonyl (C=S) groups is 1. The number of imidazole rings is 1. The molecule has 0 spiro atoms. The zero-order valence-electron chi connectivity index (χ0n) is 14.0. The van der Waals surface area contributed by atoms with Crippen molar-refractivity contribution in [2.75, 3.05) is 13.7 Å². The predicted molar refractivity (Wildman–Crippen MR) is 108 cm³/mol. The molecule has 0 bridgehead atoms. The lowest BCUT2D eigenvalue weighted by Gasteiger charge is -2.09. The van der Waals surface area contributed by atoms with Crippen molar-refractivity contribution in [3.05, 3.63) is 46.8 Å². The van der Waals surface area contributed by atoms with Crippen LogP contribution in [0.15, 0.2) is 36.9 Å². The van der Waals surface area contributed by atoms with Crippen LogP contribution in [0.25, 0.3) is 10.1 Å². The third-order valence-corrected chi connectivity index (χ3v) is 5.61.